The average molecular weight is 361 g/mol. The first kappa shape index (κ1) is 16.8. The van der Waals surface area contributed by atoms with Crippen molar-refractivity contribution in [2.45, 2.75) is 32.1 Å². The summed E-state index contributed by atoms with van der Waals surface area (Å²) in [5.74, 6) is 2.26. The Morgan fingerprint density at radius 1 is 1.08 bits per heavy atom. The van der Waals surface area contributed by atoms with E-state index in [1.165, 1.54) is 0 Å². The highest BCUT2D eigenvalue weighted by atomic mass is 32.2. The van der Waals surface area contributed by atoms with Crippen LogP contribution in [0.4, 0.5) is 0 Å². The van der Waals surface area contributed by atoms with Crippen molar-refractivity contribution < 1.29 is 12.8 Å². The Morgan fingerprint density at radius 3 is 2.40 bits per heavy atom. The maximum absolute atomic E-state index is 12.3. The Bertz CT molecular complexity index is 834. The van der Waals surface area contributed by atoms with Crippen LogP contribution in [0.2, 0.25) is 0 Å². The summed E-state index contributed by atoms with van der Waals surface area (Å²) in [5.41, 5.74) is 0.987. The maximum Gasteiger partial charge on any atom is 0.153 e. The number of hydrogen-bond acceptors (Lipinski definition) is 6. The molecule has 25 heavy (non-hydrogen) atoms. The summed E-state index contributed by atoms with van der Waals surface area (Å²) in [6.07, 6.45) is 1.79. The van der Waals surface area contributed by atoms with Crippen LogP contribution in [0.3, 0.4) is 0 Å². The van der Waals surface area contributed by atoms with E-state index in [4.69, 9.17) is 4.42 Å². The Labute approximate surface area is 148 Å². The van der Waals surface area contributed by atoms with Gasteiger partial charge in [0.1, 0.15) is 11.5 Å². The molecule has 4 rings (SSSR count). The molecule has 2 aliphatic heterocycles. The van der Waals surface area contributed by atoms with Gasteiger partial charge in [-0.25, -0.2) is 8.42 Å². The predicted molar refractivity (Wildman–Crippen MR) is 94.7 cm³/mol. The van der Waals surface area contributed by atoms with E-state index in [-0.39, 0.29) is 23.6 Å². The number of hydrogen-bond donors (Lipinski definition) is 0. The van der Waals surface area contributed by atoms with E-state index in [0.29, 0.717) is 13.1 Å². The molecule has 0 spiro atoms. The van der Waals surface area contributed by atoms with Gasteiger partial charge in [0.2, 0.25) is 0 Å². The minimum atomic E-state index is -3.01. The van der Waals surface area contributed by atoms with E-state index in [1.54, 1.807) is 6.20 Å². The molecule has 2 atom stereocenters. The molecule has 0 saturated carbocycles. The Morgan fingerprint density at radius 2 is 1.80 bits per heavy atom. The fourth-order valence-corrected chi connectivity index (χ4v) is 6.00. The highest BCUT2D eigenvalue weighted by Crippen LogP contribution is 2.29. The van der Waals surface area contributed by atoms with Crippen LogP contribution in [0, 0.1) is 6.92 Å². The topological polar surface area (TPSA) is 66.7 Å². The first-order chi connectivity index (χ1) is 12.0. The van der Waals surface area contributed by atoms with Gasteiger partial charge in [-0.3, -0.25) is 14.8 Å². The molecule has 2 aromatic rings. The molecule has 0 radical (unpaired) electrons. The third-order valence-electron chi connectivity index (χ3n) is 5.15. The monoisotopic (exact) mass is 361 g/mol. The van der Waals surface area contributed by atoms with E-state index in [9.17, 15) is 8.42 Å². The van der Waals surface area contributed by atoms with Gasteiger partial charge >= 0.3 is 0 Å². The summed E-state index contributed by atoms with van der Waals surface area (Å²) in [5, 5.41) is 0. The zero-order valence-electron chi connectivity index (χ0n) is 14.3. The molecule has 2 saturated heterocycles. The second-order valence-corrected chi connectivity index (χ2v) is 9.14. The molecule has 2 unspecified atom stereocenters. The maximum atomic E-state index is 12.3. The number of aryl methyl sites for hydroxylation is 1. The van der Waals surface area contributed by atoms with Crippen molar-refractivity contribution in [1.29, 1.82) is 0 Å². The van der Waals surface area contributed by atoms with Gasteiger partial charge in [0, 0.05) is 37.9 Å². The summed E-state index contributed by atoms with van der Waals surface area (Å²) in [6.45, 7) is 4.97. The zero-order valence-corrected chi connectivity index (χ0v) is 15.2. The largest absolute Gasteiger partial charge is 0.465 e. The van der Waals surface area contributed by atoms with Crippen molar-refractivity contribution in [2.75, 3.05) is 24.6 Å². The SMILES string of the molecule is Cc1ccc(CN2CCN(Cc3ccccn3)C3CS(=O)(=O)CC32)o1. The van der Waals surface area contributed by atoms with E-state index in [2.05, 4.69) is 14.8 Å². The molecular formula is C18H23N3O3S. The standard InChI is InChI=1S/C18H23N3O3S/c1-14-5-6-16(24-14)11-21-9-8-20(10-15-4-2-3-7-19-15)17-12-25(22,23)13-18(17)21/h2-7,17-18H,8-13H2,1H3. The summed E-state index contributed by atoms with van der Waals surface area (Å²) in [6, 6.07) is 9.85. The van der Waals surface area contributed by atoms with Crippen LogP contribution in [0.15, 0.2) is 40.9 Å². The lowest BCUT2D eigenvalue weighted by molar-refractivity contribution is 0.0309. The minimum absolute atomic E-state index is 0.0212. The average Bonchev–Trinajstić information content (AvgIpc) is 3.13. The van der Waals surface area contributed by atoms with Crippen LogP contribution >= 0.6 is 0 Å². The number of piperazine rings is 1. The summed E-state index contributed by atoms with van der Waals surface area (Å²) < 4.78 is 30.3. The highest BCUT2D eigenvalue weighted by molar-refractivity contribution is 7.91. The fourth-order valence-electron chi connectivity index (χ4n) is 3.96. The van der Waals surface area contributed by atoms with Gasteiger partial charge in [0.25, 0.3) is 0 Å². The number of sulfone groups is 1. The van der Waals surface area contributed by atoms with E-state index >= 15 is 0 Å². The van der Waals surface area contributed by atoms with Crippen molar-refractivity contribution in [3.8, 4) is 0 Å². The van der Waals surface area contributed by atoms with Crippen LogP contribution in [0.5, 0.6) is 0 Å². The number of rotatable bonds is 4. The first-order valence-corrected chi connectivity index (χ1v) is 10.5. The quantitative estimate of drug-likeness (QED) is 0.822. The first-order valence-electron chi connectivity index (χ1n) is 8.64. The molecule has 2 aliphatic rings. The summed E-state index contributed by atoms with van der Waals surface area (Å²) >= 11 is 0. The Kier molecular flexibility index (Phi) is 4.39. The molecule has 7 heteroatoms. The van der Waals surface area contributed by atoms with Crippen molar-refractivity contribution in [1.82, 2.24) is 14.8 Å². The second kappa shape index (κ2) is 6.55. The van der Waals surface area contributed by atoms with E-state index in [0.717, 1.165) is 30.3 Å². The molecule has 2 aromatic heterocycles. The van der Waals surface area contributed by atoms with Crippen LogP contribution in [0.25, 0.3) is 0 Å². The molecular weight excluding hydrogens is 338 g/mol. The van der Waals surface area contributed by atoms with Gasteiger partial charge in [-0.2, -0.15) is 0 Å². The van der Waals surface area contributed by atoms with Gasteiger partial charge in [-0.05, 0) is 31.2 Å². The van der Waals surface area contributed by atoms with E-state index in [1.807, 2.05) is 37.3 Å². The zero-order chi connectivity index (χ0) is 17.4. The van der Waals surface area contributed by atoms with Crippen molar-refractivity contribution >= 4 is 9.84 Å². The van der Waals surface area contributed by atoms with E-state index < -0.39 is 9.84 Å². The molecule has 0 aliphatic carbocycles. The van der Waals surface area contributed by atoms with Gasteiger partial charge < -0.3 is 4.42 Å². The number of furan rings is 1. The lowest BCUT2D eigenvalue weighted by Gasteiger charge is -2.43. The molecule has 0 aromatic carbocycles. The number of pyridine rings is 1. The lowest BCUT2D eigenvalue weighted by atomic mass is 10.0. The predicted octanol–water partition coefficient (Wildman–Crippen LogP) is 1.47. The van der Waals surface area contributed by atoms with Gasteiger partial charge in [0.05, 0.1) is 23.7 Å². The molecule has 0 amide bonds. The minimum Gasteiger partial charge on any atom is -0.465 e. The van der Waals surface area contributed by atoms with Crippen molar-refractivity contribution in [3.05, 3.63) is 53.7 Å². The number of fused-ring (bicyclic) bond motifs is 1. The van der Waals surface area contributed by atoms with Crippen LogP contribution in [-0.2, 0) is 22.9 Å². The normalized spacial score (nSPS) is 26.6. The van der Waals surface area contributed by atoms with Crippen molar-refractivity contribution in [2.24, 2.45) is 0 Å². The smallest absolute Gasteiger partial charge is 0.153 e. The Balaban J connectivity index is 1.53. The number of aromatic nitrogens is 1. The van der Waals surface area contributed by atoms with Crippen LogP contribution in [-0.4, -0.2) is 59.9 Å². The lowest BCUT2D eigenvalue weighted by Crippen LogP contribution is -2.58. The van der Waals surface area contributed by atoms with Gasteiger partial charge in [0.15, 0.2) is 9.84 Å². The van der Waals surface area contributed by atoms with Crippen LogP contribution < -0.4 is 0 Å². The van der Waals surface area contributed by atoms with Gasteiger partial charge in [-0.1, -0.05) is 6.07 Å². The van der Waals surface area contributed by atoms with Gasteiger partial charge in [-0.15, -0.1) is 0 Å². The van der Waals surface area contributed by atoms with Crippen LogP contribution in [0.1, 0.15) is 17.2 Å². The third kappa shape index (κ3) is 3.63. The highest BCUT2D eigenvalue weighted by Gasteiger charge is 2.46. The molecule has 6 nitrogen and oxygen atoms in total. The molecule has 2 fully saturated rings. The molecule has 0 N–H and O–H groups in total. The molecule has 134 valence electrons. The molecule has 0 bridgehead atoms. The summed E-state index contributed by atoms with van der Waals surface area (Å²) in [4.78, 5) is 8.94. The number of nitrogens with zero attached hydrogens (tertiary/aromatic N) is 3. The second-order valence-electron chi connectivity index (χ2n) is 6.99. The third-order valence-corrected chi connectivity index (χ3v) is 6.85. The Hall–Kier alpha value is -1.70. The molecule has 4 heterocycles. The summed E-state index contributed by atoms with van der Waals surface area (Å²) in [7, 11) is -3.01. The van der Waals surface area contributed by atoms with Crippen molar-refractivity contribution in [3.63, 3.8) is 0 Å². The fraction of sp³-hybridized carbons (Fsp3) is 0.500.